The summed E-state index contributed by atoms with van der Waals surface area (Å²) in [4.78, 5) is 20.9. The average Bonchev–Trinajstić information content (AvgIpc) is 3.11. The molecule has 25 heavy (non-hydrogen) atoms. The average molecular weight is 356 g/mol. The minimum Gasteiger partial charge on any atom is -0.497 e. The highest BCUT2D eigenvalue weighted by molar-refractivity contribution is 7.15. The van der Waals surface area contributed by atoms with Crippen LogP contribution in [0, 0.1) is 5.92 Å². The maximum Gasteiger partial charge on any atom is 0.226 e. The molecule has 1 amide bonds. The molecule has 0 bridgehead atoms. The second kappa shape index (κ2) is 7.16. The van der Waals surface area contributed by atoms with E-state index in [0.29, 0.717) is 5.91 Å². The molecule has 2 aromatic rings. The Morgan fingerprint density at radius 2 is 1.96 bits per heavy atom. The number of rotatable bonds is 3. The van der Waals surface area contributed by atoms with Crippen LogP contribution in [0.25, 0.3) is 10.6 Å². The topological polar surface area (TPSA) is 42.4 Å². The lowest BCUT2D eigenvalue weighted by molar-refractivity contribution is -0.137. The Bertz CT molecular complexity index is 748. The summed E-state index contributed by atoms with van der Waals surface area (Å²) < 4.78 is 5.22. The van der Waals surface area contributed by atoms with Crippen molar-refractivity contribution in [2.24, 2.45) is 5.92 Å². The van der Waals surface area contributed by atoms with E-state index in [1.165, 1.54) is 29.8 Å². The fourth-order valence-corrected chi connectivity index (χ4v) is 4.98. The van der Waals surface area contributed by atoms with Crippen LogP contribution >= 0.6 is 11.3 Å². The van der Waals surface area contributed by atoms with Crippen LogP contribution in [0.1, 0.15) is 42.7 Å². The fraction of sp³-hybridized carbons (Fsp3) is 0.500. The summed E-state index contributed by atoms with van der Waals surface area (Å²) in [6.45, 7) is 1.55. The number of nitrogens with zero attached hydrogens (tertiary/aromatic N) is 2. The second-order valence-electron chi connectivity index (χ2n) is 6.96. The molecule has 1 aromatic heterocycles. The van der Waals surface area contributed by atoms with Crippen molar-refractivity contribution in [3.63, 3.8) is 0 Å². The Morgan fingerprint density at radius 3 is 2.68 bits per heavy atom. The molecule has 1 aliphatic carbocycles. The number of carbonyl (C=O) groups excluding carboxylic acids is 1. The molecule has 2 aliphatic rings. The molecular weight excluding hydrogens is 332 g/mol. The maximum absolute atomic E-state index is 12.8. The largest absolute Gasteiger partial charge is 0.497 e. The van der Waals surface area contributed by atoms with Crippen molar-refractivity contribution in [2.45, 2.75) is 45.1 Å². The van der Waals surface area contributed by atoms with Gasteiger partial charge in [-0.05, 0) is 37.1 Å². The lowest BCUT2D eigenvalue weighted by Gasteiger charge is -2.31. The zero-order valence-electron chi connectivity index (χ0n) is 14.7. The second-order valence-corrected chi connectivity index (χ2v) is 8.05. The van der Waals surface area contributed by atoms with E-state index >= 15 is 0 Å². The van der Waals surface area contributed by atoms with E-state index in [9.17, 15) is 4.79 Å². The van der Waals surface area contributed by atoms with Crippen LogP contribution in [0.3, 0.4) is 0 Å². The molecule has 1 aromatic carbocycles. The molecule has 0 radical (unpaired) electrons. The Hall–Kier alpha value is -1.88. The van der Waals surface area contributed by atoms with Gasteiger partial charge in [0.25, 0.3) is 0 Å². The molecule has 1 fully saturated rings. The smallest absolute Gasteiger partial charge is 0.226 e. The summed E-state index contributed by atoms with van der Waals surface area (Å²) in [6, 6.07) is 8.03. The number of ether oxygens (including phenoxy) is 1. The summed E-state index contributed by atoms with van der Waals surface area (Å²) in [5, 5.41) is 1.04. The third-order valence-corrected chi connectivity index (χ3v) is 6.47. The summed E-state index contributed by atoms with van der Waals surface area (Å²) >= 11 is 1.72. The molecule has 0 saturated heterocycles. The number of hydrogen-bond acceptors (Lipinski definition) is 4. The van der Waals surface area contributed by atoms with Gasteiger partial charge in [0.1, 0.15) is 10.8 Å². The molecule has 2 heterocycles. The molecule has 1 aliphatic heterocycles. The molecule has 0 spiro atoms. The van der Waals surface area contributed by atoms with Gasteiger partial charge in [0, 0.05) is 29.3 Å². The summed E-state index contributed by atoms with van der Waals surface area (Å²) in [5.74, 6) is 1.48. The number of carbonyl (C=O) groups is 1. The van der Waals surface area contributed by atoms with E-state index in [4.69, 9.17) is 9.72 Å². The molecular formula is C20H24N2O2S. The lowest BCUT2D eigenvalue weighted by Crippen LogP contribution is -2.40. The van der Waals surface area contributed by atoms with E-state index in [1.54, 1.807) is 18.4 Å². The van der Waals surface area contributed by atoms with E-state index in [2.05, 4.69) is 4.90 Å². The fourth-order valence-electron chi connectivity index (χ4n) is 3.85. The Labute approximate surface area is 152 Å². The monoisotopic (exact) mass is 356 g/mol. The molecule has 1 saturated carbocycles. The first-order chi connectivity index (χ1) is 12.2. The first-order valence-corrected chi connectivity index (χ1v) is 9.98. The Balaban J connectivity index is 1.49. The Kier molecular flexibility index (Phi) is 4.75. The summed E-state index contributed by atoms with van der Waals surface area (Å²) in [5.41, 5.74) is 2.29. The lowest BCUT2D eigenvalue weighted by atomic mass is 9.88. The molecule has 132 valence electrons. The van der Waals surface area contributed by atoms with Crippen LogP contribution in [0.4, 0.5) is 0 Å². The first-order valence-electron chi connectivity index (χ1n) is 9.16. The van der Waals surface area contributed by atoms with Crippen molar-refractivity contribution in [3.05, 3.63) is 34.8 Å². The van der Waals surface area contributed by atoms with E-state index in [-0.39, 0.29) is 5.92 Å². The van der Waals surface area contributed by atoms with Crippen LogP contribution in [0.2, 0.25) is 0 Å². The summed E-state index contributed by atoms with van der Waals surface area (Å²) in [6.07, 6.45) is 6.72. The number of methoxy groups -OCH3 is 1. The highest BCUT2D eigenvalue weighted by Crippen LogP contribution is 2.34. The van der Waals surface area contributed by atoms with Gasteiger partial charge < -0.3 is 9.64 Å². The first kappa shape index (κ1) is 16.6. The number of aromatic nitrogens is 1. The van der Waals surface area contributed by atoms with Gasteiger partial charge in [-0.15, -0.1) is 11.3 Å². The zero-order chi connectivity index (χ0) is 17.2. The number of amides is 1. The highest BCUT2D eigenvalue weighted by Gasteiger charge is 2.29. The van der Waals surface area contributed by atoms with Crippen molar-refractivity contribution in [1.29, 1.82) is 0 Å². The van der Waals surface area contributed by atoms with Gasteiger partial charge in [0.05, 0.1) is 19.3 Å². The predicted molar refractivity (Wildman–Crippen MR) is 99.8 cm³/mol. The van der Waals surface area contributed by atoms with Gasteiger partial charge in [-0.25, -0.2) is 4.98 Å². The third-order valence-electron chi connectivity index (χ3n) is 5.33. The predicted octanol–water partition coefficient (Wildman–Crippen LogP) is 4.28. The number of hydrogen-bond donors (Lipinski definition) is 0. The van der Waals surface area contributed by atoms with Crippen LogP contribution in [0.15, 0.2) is 24.3 Å². The van der Waals surface area contributed by atoms with Crippen LogP contribution < -0.4 is 4.74 Å². The molecule has 4 nitrogen and oxygen atoms in total. The van der Waals surface area contributed by atoms with Crippen molar-refractivity contribution in [3.8, 4) is 16.3 Å². The van der Waals surface area contributed by atoms with Crippen LogP contribution in [0.5, 0.6) is 5.75 Å². The maximum atomic E-state index is 12.8. The van der Waals surface area contributed by atoms with Gasteiger partial charge in [-0.2, -0.15) is 0 Å². The van der Waals surface area contributed by atoms with Gasteiger partial charge in [0.15, 0.2) is 0 Å². The number of fused-ring (bicyclic) bond motifs is 1. The quantitative estimate of drug-likeness (QED) is 0.824. The van der Waals surface area contributed by atoms with Crippen molar-refractivity contribution in [1.82, 2.24) is 9.88 Å². The molecule has 0 unspecified atom stereocenters. The van der Waals surface area contributed by atoms with Crippen molar-refractivity contribution >= 4 is 17.2 Å². The van der Waals surface area contributed by atoms with E-state index < -0.39 is 0 Å². The van der Waals surface area contributed by atoms with Crippen molar-refractivity contribution < 1.29 is 9.53 Å². The van der Waals surface area contributed by atoms with E-state index in [1.807, 2.05) is 24.3 Å². The van der Waals surface area contributed by atoms with Gasteiger partial charge in [-0.3, -0.25) is 4.79 Å². The molecule has 0 N–H and O–H groups in total. The molecule has 5 heteroatoms. The highest BCUT2D eigenvalue weighted by atomic mass is 32.1. The minimum atomic E-state index is 0.254. The number of benzene rings is 1. The minimum absolute atomic E-state index is 0.254. The molecule has 4 rings (SSSR count). The van der Waals surface area contributed by atoms with Crippen molar-refractivity contribution in [2.75, 3.05) is 13.7 Å². The zero-order valence-corrected chi connectivity index (χ0v) is 15.5. The summed E-state index contributed by atoms with van der Waals surface area (Å²) in [7, 11) is 1.68. The third kappa shape index (κ3) is 3.43. The molecule has 0 atom stereocenters. The normalized spacial score (nSPS) is 18.0. The van der Waals surface area contributed by atoms with Gasteiger partial charge in [-0.1, -0.05) is 19.3 Å². The van der Waals surface area contributed by atoms with Crippen LogP contribution in [-0.2, 0) is 17.8 Å². The van der Waals surface area contributed by atoms with Gasteiger partial charge >= 0.3 is 0 Å². The van der Waals surface area contributed by atoms with E-state index in [0.717, 1.165) is 48.7 Å². The number of thiazole rings is 1. The van der Waals surface area contributed by atoms with Crippen LogP contribution in [-0.4, -0.2) is 29.4 Å². The SMILES string of the molecule is COc1ccc(-c2nc3c(s2)CN(C(=O)C2CCCCC2)CC3)cc1. The standard InChI is InChI=1S/C20H24N2O2S/c1-24-16-9-7-14(8-10-16)19-21-17-11-12-22(13-18(17)25-19)20(23)15-5-3-2-4-6-15/h7-10,15H,2-6,11-13H2,1H3. The van der Waals surface area contributed by atoms with Gasteiger partial charge in [0.2, 0.25) is 5.91 Å². The Morgan fingerprint density at radius 1 is 1.20 bits per heavy atom.